The van der Waals surface area contributed by atoms with Gasteiger partial charge in [-0.15, -0.1) is 11.3 Å². The molecule has 1 aliphatic heterocycles. The zero-order valence-corrected chi connectivity index (χ0v) is 14.1. The lowest BCUT2D eigenvalue weighted by Crippen LogP contribution is -2.26. The molecule has 0 aliphatic carbocycles. The van der Waals surface area contributed by atoms with Crippen LogP contribution in [0.3, 0.4) is 0 Å². The van der Waals surface area contributed by atoms with Crippen LogP contribution in [0.4, 0.5) is 5.13 Å². The largest absolute Gasteiger partial charge is 0.327 e. The fourth-order valence-electron chi connectivity index (χ4n) is 2.40. The van der Waals surface area contributed by atoms with E-state index in [1.807, 2.05) is 6.20 Å². The van der Waals surface area contributed by atoms with Gasteiger partial charge in [-0.25, -0.2) is 4.98 Å². The third-order valence-electron chi connectivity index (χ3n) is 3.61. The Morgan fingerprint density at radius 1 is 1.41 bits per heavy atom. The number of aromatic nitrogens is 2. The first kappa shape index (κ1) is 15.4. The van der Waals surface area contributed by atoms with E-state index in [0.717, 1.165) is 25.9 Å². The van der Waals surface area contributed by atoms with Gasteiger partial charge in [0, 0.05) is 17.3 Å². The minimum Gasteiger partial charge on any atom is -0.327 e. The lowest BCUT2D eigenvalue weighted by molar-refractivity contribution is 0.102. The Labute approximate surface area is 139 Å². The second-order valence-electron chi connectivity index (χ2n) is 5.11. The Hall–Kier alpha value is -1.51. The Morgan fingerprint density at radius 3 is 2.91 bits per heavy atom. The molecule has 3 N–H and O–H groups in total. The molecule has 3 heterocycles. The molecule has 116 valence electrons. The number of halogens is 1. The lowest BCUT2D eigenvalue weighted by atomic mass is 9.97. The average molecular weight is 383 g/mol. The second kappa shape index (κ2) is 6.72. The lowest BCUT2D eigenvalue weighted by Gasteiger charge is -2.20. The number of hydrogen-bond donors (Lipinski definition) is 3. The van der Waals surface area contributed by atoms with Gasteiger partial charge in [-0.05, 0) is 53.8 Å². The van der Waals surface area contributed by atoms with Gasteiger partial charge in [0.15, 0.2) is 5.13 Å². The van der Waals surface area contributed by atoms with Crippen LogP contribution in [0.2, 0.25) is 0 Å². The number of nitrogens with zero attached hydrogens (tertiary/aromatic N) is 1. The molecule has 0 unspecified atom stereocenters. The second-order valence-corrected chi connectivity index (χ2v) is 7.03. The molecule has 2 aromatic heterocycles. The number of piperidine rings is 1. The molecule has 1 amide bonds. The van der Waals surface area contributed by atoms with E-state index in [1.54, 1.807) is 0 Å². The van der Waals surface area contributed by atoms with Gasteiger partial charge in [-0.2, -0.15) is 0 Å². The van der Waals surface area contributed by atoms with Gasteiger partial charge < -0.3 is 10.3 Å². The van der Waals surface area contributed by atoms with Gasteiger partial charge in [0.1, 0.15) is 0 Å². The third-order valence-corrected chi connectivity index (χ3v) is 5.27. The first-order valence-electron chi connectivity index (χ1n) is 6.99. The number of aromatic amines is 1. The summed E-state index contributed by atoms with van der Waals surface area (Å²) in [5, 5.41) is 6.69. The minimum atomic E-state index is -0.289. The van der Waals surface area contributed by atoms with Crippen molar-refractivity contribution in [2.45, 2.75) is 18.8 Å². The molecule has 1 fully saturated rings. The van der Waals surface area contributed by atoms with Crippen LogP contribution in [0.25, 0.3) is 0 Å². The number of amides is 1. The van der Waals surface area contributed by atoms with E-state index in [-0.39, 0.29) is 11.5 Å². The molecular formula is C14H15BrN4O2S. The van der Waals surface area contributed by atoms with Crippen LogP contribution in [0.5, 0.6) is 0 Å². The standard InChI is InChI=1S/C14H15BrN4O2S/c15-10-5-9(6-17-13(10)21)12(20)19-14-18-7-11(22-14)8-1-3-16-4-2-8/h5-8,16H,1-4H2,(H,17,21)(H,18,19,20). The minimum absolute atomic E-state index is 0.265. The molecule has 0 spiro atoms. The third kappa shape index (κ3) is 3.45. The molecule has 3 rings (SSSR count). The molecule has 0 saturated carbocycles. The Bertz CT molecular complexity index is 736. The fraction of sp³-hybridized carbons (Fsp3) is 0.357. The Kier molecular flexibility index (Phi) is 4.70. The topological polar surface area (TPSA) is 86.9 Å². The highest BCUT2D eigenvalue weighted by Crippen LogP contribution is 2.31. The fourth-order valence-corrected chi connectivity index (χ4v) is 3.74. The van der Waals surface area contributed by atoms with E-state index >= 15 is 0 Å². The van der Waals surface area contributed by atoms with Gasteiger partial charge in [0.25, 0.3) is 11.5 Å². The van der Waals surface area contributed by atoms with Gasteiger partial charge >= 0.3 is 0 Å². The first-order valence-corrected chi connectivity index (χ1v) is 8.60. The highest BCUT2D eigenvalue weighted by Gasteiger charge is 2.18. The summed E-state index contributed by atoms with van der Waals surface area (Å²) in [7, 11) is 0. The van der Waals surface area contributed by atoms with Gasteiger partial charge in [-0.1, -0.05) is 0 Å². The van der Waals surface area contributed by atoms with Crippen LogP contribution in [0.15, 0.2) is 27.7 Å². The number of carbonyl (C=O) groups is 1. The zero-order valence-electron chi connectivity index (χ0n) is 11.7. The van der Waals surface area contributed by atoms with Crippen LogP contribution in [0.1, 0.15) is 34.0 Å². The Morgan fingerprint density at radius 2 is 2.18 bits per heavy atom. The van der Waals surface area contributed by atoms with Crippen molar-refractivity contribution in [2.24, 2.45) is 0 Å². The van der Waals surface area contributed by atoms with Crippen molar-refractivity contribution in [1.29, 1.82) is 0 Å². The van der Waals surface area contributed by atoms with Crippen LogP contribution < -0.4 is 16.2 Å². The molecule has 22 heavy (non-hydrogen) atoms. The highest BCUT2D eigenvalue weighted by atomic mass is 79.9. The van der Waals surface area contributed by atoms with Crippen molar-refractivity contribution in [3.8, 4) is 0 Å². The number of rotatable bonds is 3. The predicted molar refractivity (Wildman–Crippen MR) is 89.7 cm³/mol. The summed E-state index contributed by atoms with van der Waals surface area (Å²) in [5.41, 5.74) is 0.115. The van der Waals surface area contributed by atoms with Gasteiger partial charge in [0.2, 0.25) is 0 Å². The van der Waals surface area contributed by atoms with Crippen molar-refractivity contribution < 1.29 is 4.79 Å². The van der Waals surface area contributed by atoms with E-state index in [2.05, 4.69) is 36.5 Å². The molecule has 0 bridgehead atoms. The number of thiazole rings is 1. The van der Waals surface area contributed by atoms with Crippen LogP contribution in [0, 0.1) is 0 Å². The van der Waals surface area contributed by atoms with E-state index in [0.29, 0.717) is 21.1 Å². The predicted octanol–water partition coefficient (Wildman–Crippen LogP) is 2.31. The van der Waals surface area contributed by atoms with Crippen LogP contribution in [-0.4, -0.2) is 29.0 Å². The van der Waals surface area contributed by atoms with E-state index in [4.69, 9.17) is 0 Å². The maximum atomic E-state index is 12.2. The van der Waals surface area contributed by atoms with Crippen molar-refractivity contribution in [1.82, 2.24) is 15.3 Å². The van der Waals surface area contributed by atoms with Crippen molar-refractivity contribution >= 4 is 38.3 Å². The maximum absolute atomic E-state index is 12.2. The molecular weight excluding hydrogens is 368 g/mol. The summed E-state index contributed by atoms with van der Waals surface area (Å²) in [6.07, 6.45) is 5.44. The number of H-pyrrole nitrogens is 1. The normalized spacial score (nSPS) is 15.7. The summed E-state index contributed by atoms with van der Waals surface area (Å²) in [6.45, 7) is 2.05. The monoisotopic (exact) mass is 382 g/mol. The van der Waals surface area contributed by atoms with Crippen molar-refractivity contribution in [3.63, 3.8) is 0 Å². The SMILES string of the molecule is O=C(Nc1ncc(C2CCNCC2)s1)c1c[nH]c(=O)c(Br)c1. The quantitative estimate of drug-likeness (QED) is 0.759. The van der Waals surface area contributed by atoms with Crippen LogP contribution >= 0.6 is 27.3 Å². The molecule has 1 aliphatic rings. The molecule has 6 nitrogen and oxygen atoms in total. The number of nitrogens with one attached hydrogen (secondary N) is 3. The molecule has 8 heteroatoms. The maximum Gasteiger partial charge on any atom is 0.262 e. The molecule has 0 atom stereocenters. The molecule has 0 aromatic carbocycles. The summed E-state index contributed by atoms with van der Waals surface area (Å²) < 4.78 is 0.328. The number of anilines is 1. The average Bonchev–Trinajstić information content (AvgIpc) is 2.99. The number of carbonyl (C=O) groups excluding carboxylic acids is 1. The highest BCUT2D eigenvalue weighted by molar-refractivity contribution is 9.10. The summed E-state index contributed by atoms with van der Waals surface area (Å²) >= 11 is 4.63. The van der Waals surface area contributed by atoms with E-state index in [1.165, 1.54) is 28.5 Å². The molecule has 1 saturated heterocycles. The first-order chi connectivity index (χ1) is 10.6. The molecule has 0 radical (unpaired) electrons. The van der Waals surface area contributed by atoms with Crippen molar-refractivity contribution in [2.75, 3.05) is 18.4 Å². The molecule has 2 aromatic rings. The number of hydrogen-bond acceptors (Lipinski definition) is 5. The van der Waals surface area contributed by atoms with Crippen LogP contribution in [-0.2, 0) is 0 Å². The van der Waals surface area contributed by atoms with Gasteiger partial charge in [0.05, 0.1) is 10.0 Å². The van der Waals surface area contributed by atoms with Gasteiger partial charge in [-0.3, -0.25) is 14.9 Å². The summed E-state index contributed by atoms with van der Waals surface area (Å²) in [6, 6.07) is 1.50. The van der Waals surface area contributed by atoms with E-state index < -0.39 is 0 Å². The summed E-state index contributed by atoms with van der Waals surface area (Å²) in [5.74, 6) is 0.231. The smallest absolute Gasteiger partial charge is 0.262 e. The van der Waals surface area contributed by atoms with Crippen molar-refractivity contribution in [3.05, 3.63) is 43.7 Å². The summed E-state index contributed by atoms with van der Waals surface area (Å²) in [4.78, 5) is 31.4. The van der Waals surface area contributed by atoms with E-state index in [9.17, 15) is 9.59 Å². The Balaban J connectivity index is 1.70. The zero-order chi connectivity index (χ0) is 15.5. The number of pyridine rings is 1.